The number of rotatable bonds is 6. The average molecular weight is 419 g/mol. The van der Waals surface area contributed by atoms with Crippen molar-refractivity contribution in [3.8, 4) is 0 Å². The minimum atomic E-state index is -0.644. The third-order valence-corrected chi connectivity index (χ3v) is 6.22. The molecule has 1 fully saturated rings. The maximum atomic E-state index is 11.4. The Balaban J connectivity index is 1.74. The number of benzene rings is 3. The van der Waals surface area contributed by atoms with Gasteiger partial charge in [0.2, 0.25) is 0 Å². The summed E-state index contributed by atoms with van der Waals surface area (Å²) < 4.78 is 4.68. The van der Waals surface area contributed by atoms with Crippen LogP contribution in [0.4, 0.5) is 11.4 Å². The highest BCUT2D eigenvalue weighted by atomic mass is 32.2. The molecule has 150 valence electrons. The highest BCUT2D eigenvalue weighted by Gasteiger charge is 2.46. The van der Waals surface area contributed by atoms with Gasteiger partial charge in [0.25, 0.3) is 11.4 Å². The van der Waals surface area contributed by atoms with E-state index in [0.717, 1.165) is 47.7 Å². The molecule has 0 N–H and O–H groups in total. The second-order valence-corrected chi connectivity index (χ2v) is 7.74. The van der Waals surface area contributed by atoms with Crippen LogP contribution < -0.4 is 0 Å². The van der Waals surface area contributed by atoms with E-state index >= 15 is 0 Å². The monoisotopic (exact) mass is 419 g/mol. The Kier molecular flexibility index (Phi) is 5.33. The molecule has 1 saturated carbocycles. The number of nitrogens with zero attached hydrogens (tertiary/aromatic N) is 3. The second-order valence-electron chi connectivity index (χ2n) is 6.93. The van der Waals surface area contributed by atoms with Gasteiger partial charge in [-0.1, -0.05) is 60.7 Å². The normalized spacial score (nSPS) is 16.1. The van der Waals surface area contributed by atoms with Gasteiger partial charge in [-0.05, 0) is 30.0 Å². The van der Waals surface area contributed by atoms with Crippen LogP contribution in [0.3, 0.4) is 0 Å². The molecule has 0 unspecified atom stereocenters. The molecule has 1 aliphatic carbocycles. The van der Waals surface area contributed by atoms with Crippen molar-refractivity contribution < 1.29 is 9.85 Å². The Morgan fingerprint density at radius 2 is 1.43 bits per heavy atom. The van der Waals surface area contributed by atoms with Gasteiger partial charge >= 0.3 is 0 Å². The lowest BCUT2D eigenvalue weighted by Gasteiger charge is -2.44. The highest BCUT2D eigenvalue weighted by molar-refractivity contribution is 7.98. The molecule has 0 saturated heterocycles. The van der Waals surface area contributed by atoms with E-state index in [4.69, 9.17) is 0 Å². The zero-order valence-electron chi connectivity index (χ0n) is 15.8. The Morgan fingerprint density at radius 1 is 0.833 bits per heavy atom. The summed E-state index contributed by atoms with van der Waals surface area (Å²) in [4.78, 5) is 21.4. The van der Waals surface area contributed by atoms with Crippen LogP contribution in [-0.2, 0) is 5.41 Å². The van der Waals surface area contributed by atoms with Gasteiger partial charge in [-0.15, -0.1) is 0 Å². The van der Waals surface area contributed by atoms with Crippen molar-refractivity contribution in [2.24, 2.45) is 4.40 Å². The van der Waals surface area contributed by atoms with E-state index in [1.54, 1.807) is 0 Å². The standard InChI is InChI=1S/C22H17N3O4S/c26-24(27)18-11-12-20(19(15-18)25(28)29)30-23-21-13-14-22(21,16-7-3-1-4-8-16)17-9-5-2-6-10-17/h1-12,15H,13-14H2/b23-21+. The van der Waals surface area contributed by atoms with Gasteiger partial charge in [0.1, 0.15) is 4.90 Å². The Hall–Kier alpha value is -3.52. The molecule has 0 aliphatic heterocycles. The predicted octanol–water partition coefficient (Wildman–Crippen LogP) is 5.73. The lowest BCUT2D eigenvalue weighted by molar-refractivity contribution is -0.396. The van der Waals surface area contributed by atoms with Crippen molar-refractivity contribution >= 4 is 29.0 Å². The largest absolute Gasteiger partial charge is 0.291 e. The summed E-state index contributed by atoms with van der Waals surface area (Å²) >= 11 is 0.995. The Morgan fingerprint density at radius 3 is 1.90 bits per heavy atom. The first kappa shape index (κ1) is 19.8. The zero-order chi connectivity index (χ0) is 21.1. The number of hydrogen-bond donors (Lipinski definition) is 0. The molecule has 3 aromatic carbocycles. The van der Waals surface area contributed by atoms with Crippen molar-refractivity contribution in [1.82, 2.24) is 0 Å². The fourth-order valence-corrected chi connectivity index (χ4v) is 4.60. The molecule has 0 atom stereocenters. The highest BCUT2D eigenvalue weighted by Crippen LogP contribution is 2.48. The molecule has 8 heteroatoms. The summed E-state index contributed by atoms with van der Waals surface area (Å²) in [6.45, 7) is 0. The van der Waals surface area contributed by atoms with E-state index in [2.05, 4.69) is 28.7 Å². The smallest absolute Gasteiger partial charge is 0.258 e. The molecule has 0 spiro atoms. The molecule has 0 heterocycles. The predicted molar refractivity (Wildman–Crippen MR) is 116 cm³/mol. The second kappa shape index (κ2) is 8.08. The minimum absolute atomic E-state index is 0.278. The van der Waals surface area contributed by atoms with Crippen LogP contribution >= 0.6 is 11.9 Å². The number of nitro benzene ring substituents is 2. The number of non-ortho nitro benzene ring substituents is 1. The van der Waals surface area contributed by atoms with Gasteiger partial charge in [-0.25, -0.2) is 4.40 Å². The molecule has 4 rings (SSSR count). The van der Waals surface area contributed by atoms with E-state index in [1.807, 2.05) is 36.4 Å². The fraction of sp³-hybridized carbons (Fsp3) is 0.136. The van der Waals surface area contributed by atoms with Crippen molar-refractivity contribution in [3.05, 3.63) is 110 Å². The molecule has 0 aromatic heterocycles. The maximum Gasteiger partial charge on any atom is 0.291 e. The van der Waals surface area contributed by atoms with Crippen molar-refractivity contribution in [2.45, 2.75) is 23.2 Å². The number of nitro groups is 2. The molecular formula is C22H17N3O4S. The van der Waals surface area contributed by atoms with E-state index in [1.165, 1.54) is 12.1 Å². The molecule has 3 aromatic rings. The third-order valence-electron chi connectivity index (χ3n) is 5.37. The van der Waals surface area contributed by atoms with Gasteiger partial charge < -0.3 is 0 Å². The molecule has 1 aliphatic rings. The first-order valence-electron chi connectivity index (χ1n) is 9.30. The first-order valence-corrected chi connectivity index (χ1v) is 10.1. The SMILES string of the molecule is O=[N+]([O-])c1ccc(S/N=C2\CCC2(c2ccccc2)c2ccccc2)c([N+](=O)[O-])c1. The van der Waals surface area contributed by atoms with Gasteiger partial charge in [0.15, 0.2) is 0 Å². The lowest BCUT2D eigenvalue weighted by atomic mass is 9.59. The van der Waals surface area contributed by atoms with Crippen LogP contribution in [0.15, 0.2) is 88.2 Å². The zero-order valence-corrected chi connectivity index (χ0v) is 16.6. The first-order chi connectivity index (χ1) is 14.5. The van der Waals surface area contributed by atoms with Gasteiger partial charge in [0, 0.05) is 23.7 Å². The van der Waals surface area contributed by atoms with Crippen LogP contribution in [0.25, 0.3) is 0 Å². The third kappa shape index (κ3) is 3.46. The summed E-state index contributed by atoms with van der Waals surface area (Å²) in [6, 6.07) is 23.8. The molecule has 0 radical (unpaired) electrons. The van der Waals surface area contributed by atoms with Crippen molar-refractivity contribution in [3.63, 3.8) is 0 Å². The van der Waals surface area contributed by atoms with Crippen LogP contribution in [-0.4, -0.2) is 15.6 Å². The van der Waals surface area contributed by atoms with Crippen LogP contribution in [0.2, 0.25) is 0 Å². The molecule has 0 amide bonds. The van der Waals surface area contributed by atoms with Gasteiger partial charge in [-0.3, -0.25) is 20.2 Å². The van der Waals surface area contributed by atoms with E-state index in [0.29, 0.717) is 0 Å². The lowest BCUT2D eigenvalue weighted by Crippen LogP contribution is -2.46. The number of hydrogen-bond acceptors (Lipinski definition) is 6. The summed E-state index contributed by atoms with van der Waals surface area (Å²) in [6.07, 6.45) is 1.67. The fourth-order valence-electron chi connectivity index (χ4n) is 3.79. The summed E-state index contributed by atoms with van der Waals surface area (Å²) in [7, 11) is 0. The Bertz CT molecular complexity index is 1090. The summed E-state index contributed by atoms with van der Waals surface area (Å²) in [5.74, 6) is 0. The average Bonchev–Trinajstić information content (AvgIpc) is 2.75. The van der Waals surface area contributed by atoms with E-state index in [9.17, 15) is 20.2 Å². The molecular weight excluding hydrogens is 402 g/mol. The van der Waals surface area contributed by atoms with Crippen molar-refractivity contribution in [1.29, 1.82) is 0 Å². The molecule has 7 nitrogen and oxygen atoms in total. The molecule has 30 heavy (non-hydrogen) atoms. The van der Waals surface area contributed by atoms with Crippen LogP contribution in [0, 0.1) is 20.2 Å². The molecule has 0 bridgehead atoms. The van der Waals surface area contributed by atoms with E-state index in [-0.39, 0.29) is 21.7 Å². The van der Waals surface area contributed by atoms with Gasteiger partial charge in [0.05, 0.1) is 21.3 Å². The van der Waals surface area contributed by atoms with Crippen molar-refractivity contribution in [2.75, 3.05) is 0 Å². The van der Waals surface area contributed by atoms with Crippen LogP contribution in [0.5, 0.6) is 0 Å². The quantitative estimate of drug-likeness (QED) is 0.289. The maximum absolute atomic E-state index is 11.4. The van der Waals surface area contributed by atoms with E-state index < -0.39 is 9.85 Å². The van der Waals surface area contributed by atoms with Gasteiger partial charge in [-0.2, -0.15) is 0 Å². The summed E-state index contributed by atoms with van der Waals surface area (Å²) in [5, 5.41) is 22.4. The Labute approximate surface area is 176 Å². The summed E-state index contributed by atoms with van der Waals surface area (Å²) in [5.41, 5.74) is 2.18. The van der Waals surface area contributed by atoms with Crippen LogP contribution in [0.1, 0.15) is 24.0 Å². The minimum Gasteiger partial charge on any atom is -0.258 e. The topological polar surface area (TPSA) is 98.6 Å².